The van der Waals surface area contributed by atoms with Gasteiger partial charge in [0.25, 0.3) is 0 Å². The molecule has 0 unspecified atom stereocenters. The van der Waals surface area contributed by atoms with E-state index in [0.29, 0.717) is 37.5 Å². The lowest BCUT2D eigenvalue weighted by Crippen LogP contribution is -2.58. The van der Waals surface area contributed by atoms with Crippen molar-refractivity contribution in [1.29, 1.82) is 0 Å². The van der Waals surface area contributed by atoms with Crippen molar-refractivity contribution >= 4 is 52.2 Å². The maximum absolute atomic E-state index is 15.1. The quantitative estimate of drug-likeness (QED) is 0.334. The molecule has 2 aromatic carbocycles. The van der Waals surface area contributed by atoms with Crippen LogP contribution in [0.1, 0.15) is 76.3 Å². The average Bonchev–Trinajstić information content (AvgIpc) is 2.85. The van der Waals surface area contributed by atoms with Gasteiger partial charge in [-0.25, -0.2) is 0 Å². The van der Waals surface area contributed by atoms with Crippen LogP contribution in [0.15, 0.2) is 60.7 Å². The van der Waals surface area contributed by atoms with Crippen molar-refractivity contribution < 1.29 is 4.79 Å². The van der Waals surface area contributed by atoms with E-state index in [4.69, 9.17) is 46.4 Å². The third kappa shape index (κ3) is 4.34. The van der Waals surface area contributed by atoms with Gasteiger partial charge in [-0.2, -0.15) is 0 Å². The van der Waals surface area contributed by atoms with Gasteiger partial charge in [0.05, 0.1) is 10.8 Å². The van der Waals surface area contributed by atoms with Gasteiger partial charge in [0.15, 0.2) is 14.4 Å². The zero-order chi connectivity index (χ0) is 24.6. The molecule has 0 amide bonds. The van der Waals surface area contributed by atoms with Gasteiger partial charge < -0.3 is 0 Å². The molecule has 0 atom stereocenters. The predicted octanol–water partition coefficient (Wildman–Crippen LogP) is 9.61. The Kier molecular flexibility index (Phi) is 7.72. The molecule has 0 spiro atoms. The van der Waals surface area contributed by atoms with Gasteiger partial charge in [0, 0.05) is 0 Å². The molecule has 2 fully saturated rings. The molecule has 184 valence electrons. The number of Topliss-reactive ketones (excluding diaryl/α,β-unsaturated/α-hetero) is 1. The van der Waals surface area contributed by atoms with Crippen LogP contribution in [-0.2, 0) is 13.5 Å². The zero-order valence-electron chi connectivity index (χ0n) is 20.0. The van der Waals surface area contributed by atoms with Crippen LogP contribution < -0.4 is 0 Å². The molecule has 4 rings (SSSR count). The molecule has 2 aliphatic carbocycles. The summed E-state index contributed by atoms with van der Waals surface area (Å²) in [5.41, 5.74) is -0.409. The van der Waals surface area contributed by atoms with E-state index in [-0.39, 0.29) is 5.78 Å². The van der Waals surface area contributed by atoms with Gasteiger partial charge in [-0.05, 0) is 74.3 Å². The van der Waals surface area contributed by atoms with Crippen LogP contribution >= 0.6 is 46.4 Å². The summed E-state index contributed by atoms with van der Waals surface area (Å²) in [6.45, 7) is 4.47. The summed E-state index contributed by atoms with van der Waals surface area (Å²) in [4.78, 5) is 15.1. The highest BCUT2D eigenvalue weighted by molar-refractivity contribution is 6.51. The van der Waals surface area contributed by atoms with E-state index >= 15 is 4.79 Å². The van der Waals surface area contributed by atoms with Crippen LogP contribution in [-0.4, -0.2) is 5.78 Å². The van der Waals surface area contributed by atoms with Gasteiger partial charge in [-0.15, -0.1) is 0 Å². The predicted molar refractivity (Wildman–Crippen MR) is 145 cm³/mol. The molecule has 0 N–H and O–H groups in total. The van der Waals surface area contributed by atoms with Crippen molar-refractivity contribution in [3.8, 4) is 0 Å². The van der Waals surface area contributed by atoms with Gasteiger partial charge in [-0.3, -0.25) is 4.79 Å². The first-order valence-corrected chi connectivity index (χ1v) is 14.0. The molecule has 5 heteroatoms. The minimum atomic E-state index is -1.37. The first-order valence-electron chi connectivity index (χ1n) is 12.5. The van der Waals surface area contributed by atoms with E-state index in [0.717, 1.165) is 36.8 Å². The highest BCUT2D eigenvalue weighted by Crippen LogP contribution is 2.66. The van der Waals surface area contributed by atoms with Crippen molar-refractivity contribution in [2.45, 2.75) is 73.9 Å². The van der Waals surface area contributed by atoms with Crippen molar-refractivity contribution in [2.24, 2.45) is 22.7 Å². The Morgan fingerprint density at radius 3 is 1.24 bits per heavy atom. The van der Waals surface area contributed by atoms with Crippen LogP contribution in [0.25, 0.3) is 0 Å². The second kappa shape index (κ2) is 9.97. The Balaban J connectivity index is 1.88. The fourth-order valence-electron chi connectivity index (χ4n) is 6.18. The Hall–Kier alpha value is -0.730. The Morgan fingerprint density at radius 1 is 0.647 bits per heavy atom. The summed E-state index contributed by atoms with van der Waals surface area (Å²) in [6.07, 6.45) is 6.11. The van der Waals surface area contributed by atoms with E-state index in [1.807, 2.05) is 60.7 Å². The maximum Gasteiger partial charge on any atom is 0.155 e. The number of hydrogen-bond acceptors (Lipinski definition) is 1. The molecule has 0 heterocycles. The van der Waals surface area contributed by atoms with Crippen molar-refractivity contribution in [1.82, 2.24) is 0 Å². The molecule has 0 radical (unpaired) electrons. The molecule has 0 bridgehead atoms. The first-order chi connectivity index (χ1) is 16.1. The van der Waals surface area contributed by atoms with Crippen LogP contribution in [0.2, 0.25) is 0 Å². The smallest absolute Gasteiger partial charge is 0.155 e. The summed E-state index contributed by atoms with van der Waals surface area (Å²) in [6, 6.07) is 19.3. The lowest BCUT2D eigenvalue weighted by Gasteiger charge is -2.55. The van der Waals surface area contributed by atoms with Crippen molar-refractivity contribution in [3.63, 3.8) is 0 Å². The fourth-order valence-corrected chi connectivity index (χ4v) is 7.79. The fraction of sp³-hybridized carbons (Fsp3) is 0.552. The standard InChI is InChI=1S/C29H34Cl4O/c1-21-13-17-26(18-14-21,28(30,31)23-9-5-3-6-10-23)25(34)27(19-15-22(2)16-20-27)29(32,33)24-11-7-4-8-12-24/h3-12,21-22H,13-20H2,1-2H3. The van der Waals surface area contributed by atoms with Gasteiger partial charge in [-0.1, -0.05) is 121 Å². The topological polar surface area (TPSA) is 17.1 Å². The molecule has 2 saturated carbocycles. The number of benzene rings is 2. The largest absolute Gasteiger partial charge is 0.298 e. The minimum Gasteiger partial charge on any atom is -0.298 e. The minimum absolute atomic E-state index is 0.0431. The third-order valence-corrected chi connectivity index (χ3v) is 10.9. The Bertz CT molecular complexity index is 890. The first kappa shape index (κ1) is 26.3. The zero-order valence-corrected chi connectivity index (χ0v) is 23.0. The molecule has 1 nitrogen and oxygen atoms in total. The number of rotatable bonds is 6. The van der Waals surface area contributed by atoms with Crippen molar-refractivity contribution in [3.05, 3.63) is 71.8 Å². The highest BCUT2D eigenvalue weighted by Gasteiger charge is 2.66. The second-order valence-corrected chi connectivity index (χ2v) is 13.4. The van der Waals surface area contributed by atoms with Crippen LogP contribution in [0.4, 0.5) is 0 Å². The molecular formula is C29H34Cl4O. The normalized spacial score (nSPS) is 30.6. The maximum atomic E-state index is 15.1. The lowest BCUT2D eigenvalue weighted by molar-refractivity contribution is -0.147. The number of carbonyl (C=O) groups is 1. The molecular weight excluding hydrogens is 506 g/mol. The molecule has 2 aliphatic rings. The highest BCUT2D eigenvalue weighted by atomic mass is 35.5. The monoisotopic (exact) mass is 538 g/mol. The summed E-state index contributed by atoms with van der Waals surface area (Å²) >= 11 is 29.2. The van der Waals surface area contributed by atoms with E-state index in [1.54, 1.807) is 0 Å². The van der Waals surface area contributed by atoms with Crippen LogP contribution in [0.3, 0.4) is 0 Å². The molecule has 0 aliphatic heterocycles. The van der Waals surface area contributed by atoms with E-state index in [1.165, 1.54) is 0 Å². The van der Waals surface area contributed by atoms with Gasteiger partial charge in [0.1, 0.15) is 0 Å². The summed E-state index contributed by atoms with van der Waals surface area (Å²) in [7, 11) is 0. The number of halogens is 4. The number of hydrogen-bond donors (Lipinski definition) is 0. The lowest BCUT2D eigenvalue weighted by atomic mass is 9.54. The third-order valence-electron chi connectivity index (χ3n) is 8.60. The van der Waals surface area contributed by atoms with Gasteiger partial charge in [0.2, 0.25) is 0 Å². The summed E-state index contributed by atoms with van der Waals surface area (Å²) in [5.74, 6) is 1.09. The van der Waals surface area contributed by atoms with E-state index in [9.17, 15) is 0 Å². The van der Waals surface area contributed by atoms with E-state index in [2.05, 4.69) is 13.8 Å². The van der Waals surface area contributed by atoms with Gasteiger partial charge >= 0.3 is 0 Å². The molecule has 0 saturated heterocycles. The Morgan fingerprint density at radius 2 is 0.941 bits per heavy atom. The average molecular weight is 540 g/mol. The molecule has 2 aromatic rings. The Labute approximate surface area is 224 Å². The second-order valence-electron chi connectivity index (χ2n) is 10.7. The summed E-state index contributed by atoms with van der Waals surface area (Å²) < 4.78 is -2.75. The van der Waals surface area contributed by atoms with Crippen molar-refractivity contribution in [2.75, 3.05) is 0 Å². The molecule has 34 heavy (non-hydrogen) atoms. The molecule has 0 aromatic heterocycles. The summed E-state index contributed by atoms with van der Waals surface area (Å²) in [5, 5.41) is 0. The SMILES string of the molecule is CC1CCC(C(=O)C2(C(Cl)(Cl)c3ccccc3)CCC(C)CC2)(C(Cl)(Cl)c2ccccc2)CC1. The number of alkyl halides is 4. The van der Waals surface area contributed by atoms with Crippen LogP contribution in [0, 0.1) is 22.7 Å². The number of ketones is 1. The van der Waals surface area contributed by atoms with Crippen LogP contribution in [0.5, 0.6) is 0 Å². The number of carbonyl (C=O) groups excluding carboxylic acids is 1. The van der Waals surface area contributed by atoms with E-state index < -0.39 is 19.5 Å².